The first-order valence-electron chi connectivity index (χ1n) is 8.79. The van der Waals surface area contributed by atoms with Gasteiger partial charge in [-0.15, -0.1) is 11.8 Å². The van der Waals surface area contributed by atoms with E-state index in [4.69, 9.17) is 4.74 Å². The average molecular weight is 346 g/mol. The molecule has 1 aromatic carbocycles. The fraction of sp³-hybridized carbons (Fsp3) is 0.429. The molecule has 0 atom stereocenters. The maximum atomic E-state index is 5.60. The fourth-order valence-corrected chi connectivity index (χ4v) is 2.88. The average Bonchev–Trinajstić information content (AvgIpc) is 2.62. The van der Waals surface area contributed by atoms with Crippen LogP contribution >= 0.6 is 11.8 Å². The third-order valence-electron chi connectivity index (χ3n) is 3.76. The van der Waals surface area contributed by atoms with Gasteiger partial charge < -0.3 is 9.64 Å². The van der Waals surface area contributed by atoms with Crippen molar-refractivity contribution in [3.63, 3.8) is 0 Å². The summed E-state index contributed by atoms with van der Waals surface area (Å²) in [5.41, 5.74) is 2.36. The van der Waals surface area contributed by atoms with Gasteiger partial charge in [0.15, 0.2) is 0 Å². The van der Waals surface area contributed by atoms with Gasteiger partial charge >= 0.3 is 0 Å². The van der Waals surface area contributed by atoms with Crippen LogP contribution in [0.25, 0.3) is 6.08 Å². The molecule has 1 aromatic rings. The van der Waals surface area contributed by atoms with Crippen molar-refractivity contribution in [2.75, 3.05) is 25.1 Å². The highest BCUT2D eigenvalue weighted by atomic mass is 32.2. The third-order valence-corrected chi connectivity index (χ3v) is 4.37. The number of rotatable bonds is 12. The van der Waals surface area contributed by atoms with Crippen molar-refractivity contribution in [1.82, 2.24) is 0 Å². The van der Waals surface area contributed by atoms with Gasteiger partial charge in [0.05, 0.1) is 7.11 Å². The molecule has 0 saturated heterocycles. The molecule has 0 spiro atoms. The highest BCUT2D eigenvalue weighted by Crippen LogP contribution is 2.28. The molecule has 0 heterocycles. The summed E-state index contributed by atoms with van der Waals surface area (Å²) in [5.74, 6) is 0.926. The molecular formula is C21H31NOS. The zero-order chi connectivity index (χ0) is 17.6. The first-order chi connectivity index (χ1) is 11.8. The van der Waals surface area contributed by atoms with Crippen LogP contribution in [0.3, 0.4) is 0 Å². The van der Waals surface area contributed by atoms with E-state index in [0.29, 0.717) is 0 Å². The Hall–Kier alpha value is -1.61. The normalized spacial score (nSPS) is 11.3. The Labute approximate surface area is 152 Å². The summed E-state index contributed by atoms with van der Waals surface area (Å²) >= 11 is 1.63. The van der Waals surface area contributed by atoms with Crippen molar-refractivity contribution in [2.45, 2.75) is 39.5 Å². The van der Waals surface area contributed by atoms with E-state index in [0.717, 1.165) is 24.4 Å². The number of benzene rings is 1. The highest BCUT2D eigenvalue weighted by Gasteiger charge is 2.09. The molecule has 0 unspecified atom stereocenters. The summed E-state index contributed by atoms with van der Waals surface area (Å²) in [6.45, 7) is 10.4. The predicted octanol–water partition coefficient (Wildman–Crippen LogP) is 6.51. The van der Waals surface area contributed by atoms with Crippen LogP contribution in [0.15, 0.2) is 47.7 Å². The molecule has 2 nitrogen and oxygen atoms in total. The molecule has 0 amide bonds. The van der Waals surface area contributed by atoms with Gasteiger partial charge in [-0.1, -0.05) is 45.4 Å². The van der Waals surface area contributed by atoms with Gasteiger partial charge in [-0.3, -0.25) is 0 Å². The SMILES string of the molecule is C=C/C=C\SC=Cc1ccc(N(CCCC)CCCC)cc1OC. The number of hydrogen-bond donors (Lipinski definition) is 0. The van der Waals surface area contributed by atoms with Crippen molar-refractivity contribution in [3.05, 3.63) is 53.3 Å². The summed E-state index contributed by atoms with van der Waals surface area (Å²) in [4.78, 5) is 2.48. The molecule has 1 rings (SSSR count). The number of methoxy groups -OCH3 is 1. The lowest BCUT2D eigenvalue weighted by Crippen LogP contribution is -2.25. The third kappa shape index (κ3) is 7.31. The number of anilines is 1. The van der Waals surface area contributed by atoms with Gasteiger partial charge in [0, 0.05) is 30.4 Å². The lowest BCUT2D eigenvalue weighted by molar-refractivity contribution is 0.414. The molecule has 0 N–H and O–H groups in total. The van der Waals surface area contributed by atoms with E-state index in [-0.39, 0.29) is 0 Å². The molecule has 0 aliphatic heterocycles. The molecule has 0 aliphatic carbocycles. The second-order valence-electron chi connectivity index (χ2n) is 5.62. The Bertz CT molecular complexity index is 529. The molecule has 132 valence electrons. The van der Waals surface area contributed by atoms with Crippen LogP contribution in [-0.4, -0.2) is 20.2 Å². The van der Waals surface area contributed by atoms with Crippen LogP contribution < -0.4 is 9.64 Å². The van der Waals surface area contributed by atoms with E-state index < -0.39 is 0 Å². The molecule has 0 fully saturated rings. The Morgan fingerprint density at radius 1 is 1.12 bits per heavy atom. The highest BCUT2D eigenvalue weighted by molar-refractivity contribution is 8.05. The van der Waals surface area contributed by atoms with Gasteiger partial charge in [-0.05, 0) is 41.9 Å². The second-order valence-corrected chi connectivity index (χ2v) is 6.44. The van der Waals surface area contributed by atoms with Crippen LogP contribution in [0.2, 0.25) is 0 Å². The summed E-state index contributed by atoms with van der Waals surface area (Å²) in [6, 6.07) is 6.51. The van der Waals surface area contributed by atoms with Crippen LogP contribution in [0.4, 0.5) is 5.69 Å². The van der Waals surface area contributed by atoms with Crippen molar-refractivity contribution in [3.8, 4) is 5.75 Å². The summed E-state index contributed by atoms with van der Waals surface area (Å²) in [6.07, 6.45) is 10.7. The number of ether oxygens (including phenoxy) is 1. The lowest BCUT2D eigenvalue weighted by atomic mass is 10.1. The van der Waals surface area contributed by atoms with Crippen molar-refractivity contribution in [1.29, 1.82) is 0 Å². The molecule has 3 heteroatoms. The minimum absolute atomic E-state index is 0.926. The van der Waals surface area contributed by atoms with Crippen LogP contribution in [-0.2, 0) is 0 Å². The Balaban J connectivity index is 2.88. The molecule has 0 saturated carbocycles. The van der Waals surface area contributed by atoms with Crippen molar-refractivity contribution < 1.29 is 4.74 Å². The number of nitrogens with zero attached hydrogens (tertiary/aromatic N) is 1. The number of hydrogen-bond acceptors (Lipinski definition) is 3. The lowest BCUT2D eigenvalue weighted by Gasteiger charge is -2.25. The first-order valence-corrected chi connectivity index (χ1v) is 9.73. The van der Waals surface area contributed by atoms with E-state index in [1.807, 2.05) is 11.5 Å². The number of unbranched alkanes of at least 4 members (excludes halogenated alkanes) is 2. The summed E-state index contributed by atoms with van der Waals surface area (Å²) < 4.78 is 5.60. The predicted molar refractivity (Wildman–Crippen MR) is 111 cm³/mol. The zero-order valence-electron chi connectivity index (χ0n) is 15.3. The Kier molecular flexibility index (Phi) is 10.9. The van der Waals surface area contributed by atoms with Gasteiger partial charge in [0.25, 0.3) is 0 Å². The Morgan fingerprint density at radius 2 is 1.83 bits per heavy atom. The van der Waals surface area contributed by atoms with E-state index >= 15 is 0 Å². The first kappa shape index (κ1) is 20.4. The summed E-state index contributed by atoms with van der Waals surface area (Å²) in [5, 5.41) is 4.06. The fourth-order valence-electron chi connectivity index (χ4n) is 2.36. The molecule has 0 bridgehead atoms. The van der Waals surface area contributed by atoms with Crippen molar-refractivity contribution in [2.24, 2.45) is 0 Å². The van der Waals surface area contributed by atoms with Gasteiger partial charge in [-0.25, -0.2) is 0 Å². The number of thioether (sulfide) groups is 1. The second kappa shape index (κ2) is 12.8. The van der Waals surface area contributed by atoms with Crippen molar-refractivity contribution >= 4 is 23.5 Å². The van der Waals surface area contributed by atoms with E-state index in [1.165, 1.54) is 31.4 Å². The maximum absolute atomic E-state index is 5.60. The van der Waals surface area contributed by atoms with Gasteiger partial charge in [0.2, 0.25) is 0 Å². The quantitative estimate of drug-likeness (QED) is 0.401. The minimum Gasteiger partial charge on any atom is -0.496 e. The van der Waals surface area contributed by atoms with Gasteiger partial charge in [0.1, 0.15) is 5.75 Å². The molecular weight excluding hydrogens is 314 g/mol. The molecule has 0 aliphatic rings. The van der Waals surface area contributed by atoms with Crippen LogP contribution in [0, 0.1) is 0 Å². The smallest absolute Gasteiger partial charge is 0.128 e. The summed E-state index contributed by atoms with van der Waals surface area (Å²) in [7, 11) is 1.74. The van der Waals surface area contributed by atoms with E-state index in [9.17, 15) is 0 Å². The standard InChI is InChI=1S/C21H31NOS/c1-5-8-14-22(15-9-6-2)20-12-11-19(21(18-20)23-4)13-17-24-16-10-7-3/h7,10-13,16-18H,3,5-6,8-9,14-15H2,1-2,4H3/b16-10-,17-13?. The largest absolute Gasteiger partial charge is 0.496 e. The topological polar surface area (TPSA) is 12.5 Å². The maximum Gasteiger partial charge on any atom is 0.128 e. The van der Waals surface area contributed by atoms with Gasteiger partial charge in [-0.2, -0.15) is 0 Å². The molecule has 24 heavy (non-hydrogen) atoms. The van der Waals surface area contributed by atoms with E-state index in [1.54, 1.807) is 24.9 Å². The minimum atomic E-state index is 0.926. The number of allylic oxidation sites excluding steroid dienone is 2. The van der Waals surface area contributed by atoms with Crippen LogP contribution in [0.1, 0.15) is 45.1 Å². The monoisotopic (exact) mass is 345 g/mol. The molecule has 0 radical (unpaired) electrons. The molecule has 0 aromatic heterocycles. The van der Waals surface area contributed by atoms with Crippen LogP contribution in [0.5, 0.6) is 5.75 Å². The Morgan fingerprint density at radius 3 is 2.42 bits per heavy atom. The zero-order valence-corrected chi connectivity index (χ0v) is 16.1. The van der Waals surface area contributed by atoms with E-state index in [2.05, 4.69) is 55.0 Å².